The van der Waals surface area contributed by atoms with Gasteiger partial charge in [0.05, 0.1) is 19.1 Å². The molecule has 138 valence electrons. The molecule has 5 nitrogen and oxygen atoms in total. The Bertz CT molecular complexity index is 756. The molecule has 0 aliphatic carbocycles. The topological polar surface area (TPSA) is 64.6 Å². The Morgan fingerprint density at radius 3 is 2.15 bits per heavy atom. The first-order valence-corrected chi connectivity index (χ1v) is 7.53. The highest BCUT2D eigenvalue weighted by Gasteiger charge is 2.29. The van der Waals surface area contributed by atoms with Gasteiger partial charge in [-0.1, -0.05) is 12.1 Å². The summed E-state index contributed by atoms with van der Waals surface area (Å²) >= 11 is 0. The number of halogens is 3. The zero-order valence-electron chi connectivity index (χ0n) is 13.8. The fourth-order valence-electron chi connectivity index (χ4n) is 2.05. The van der Waals surface area contributed by atoms with E-state index in [1.165, 1.54) is 7.11 Å². The molecule has 0 saturated heterocycles. The van der Waals surface area contributed by atoms with Gasteiger partial charge in [-0.3, -0.25) is 9.59 Å². The molecule has 0 bridgehead atoms. The molecule has 0 saturated carbocycles. The Hall–Kier alpha value is -3.03. The maximum absolute atomic E-state index is 12.5. The van der Waals surface area contributed by atoms with Gasteiger partial charge in [-0.25, -0.2) is 0 Å². The van der Waals surface area contributed by atoms with E-state index in [0.717, 1.165) is 24.3 Å². The van der Waals surface area contributed by atoms with Gasteiger partial charge in [0.25, 0.3) is 5.91 Å². The summed E-state index contributed by atoms with van der Waals surface area (Å²) in [5.74, 6) is -0.594. The lowest BCUT2D eigenvalue weighted by Gasteiger charge is -2.09. The second-order valence-electron chi connectivity index (χ2n) is 5.31. The quantitative estimate of drug-likeness (QED) is 0.795. The average Bonchev–Trinajstić information content (AvgIpc) is 2.60. The van der Waals surface area contributed by atoms with Gasteiger partial charge in [-0.2, -0.15) is 13.2 Å². The maximum atomic E-state index is 12.5. The first-order chi connectivity index (χ1) is 12.3. The van der Waals surface area contributed by atoms with Gasteiger partial charge >= 0.3 is 12.1 Å². The van der Waals surface area contributed by atoms with Crippen LogP contribution in [0.2, 0.25) is 0 Å². The summed E-state index contributed by atoms with van der Waals surface area (Å²) in [6.07, 6.45) is -4.46. The number of alkyl halides is 3. The van der Waals surface area contributed by atoms with E-state index >= 15 is 0 Å². The summed E-state index contributed by atoms with van der Waals surface area (Å²) in [7, 11) is 1.53. The number of methoxy groups -OCH3 is 1. The summed E-state index contributed by atoms with van der Waals surface area (Å²) in [6, 6.07) is 10.7. The second kappa shape index (κ2) is 8.37. The van der Waals surface area contributed by atoms with Crippen molar-refractivity contribution in [2.24, 2.45) is 0 Å². The predicted octanol–water partition coefficient (Wildman–Crippen LogP) is 3.44. The molecule has 0 fully saturated rings. The largest absolute Gasteiger partial charge is 0.497 e. The zero-order chi connectivity index (χ0) is 19.2. The van der Waals surface area contributed by atoms with E-state index in [-0.39, 0.29) is 12.1 Å². The maximum Gasteiger partial charge on any atom is 0.416 e. The number of hydrogen-bond acceptors (Lipinski definition) is 4. The SMILES string of the molecule is COc1ccc(CC(=O)OCC(=O)Nc2ccc(C(F)(F)F)cc2)cc1. The van der Waals surface area contributed by atoms with Crippen LogP contribution in [0, 0.1) is 0 Å². The van der Waals surface area contributed by atoms with Gasteiger partial charge in [0.1, 0.15) is 5.75 Å². The van der Waals surface area contributed by atoms with E-state index in [1.807, 2.05) is 0 Å². The highest BCUT2D eigenvalue weighted by atomic mass is 19.4. The van der Waals surface area contributed by atoms with Crippen LogP contribution in [-0.2, 0) is 26.9 Å². The highest BCUT2D eigenvalue weighted by Crippen LogP contribution is 2.29. The highest BCUT2D eigenvalue weighted by molar-refractivity contribution is 5.92. The fraction of sp³-hybridized carbons (Fsp3) is 0.222. The predicted molar refractivity (Wildman–Crippen MR) is 87.7 cm³/mol. The van der Waals surface area contributed by atoms with Crippen LogP contribution in [0.25, 0.3) is 0 Å². The van der Waals surface area contributed by atoms with Gasteiger partial charge in [-0.15, -0.1) is 0 Å². The lowest BCUT2D eigenvalue weighted by molar-refractivity contribution is -0.146. The number of benzene rings is 2. The lowest BCUT2D eigenvalue weighted by atomic mass is 10.1. The molecule has 0 unspecified atom stereocenters. The molecule has 2 aromatic rings. The van der Waals surface area contributed by atoms with Crippen molar-refractivity contribution >= 4 is 17.6 Å². The lowest BCUT2D eigenvalue weighted by Crippen LogP contribution is -2.21. The molecular formula is C18H16F3NO4. The Balaban J connectivity index is 1.79. The summed E-state index contributed by atoms with van der Waals surface area (Å²) in [6.45, 7) is -0.532. The molecule has 0 aliphatic heterocycles. The summed E-state index contributed by atoms with van der Waals surface area (Å²) in [5, 5.41) is 2.35. The van der Waals surface area contributed by atoms with Crippen molar-refractivity contribution in [2.75, 3.05) is 19.0 Å². The zero-order valence-corrected chi connectivity index (χ0v) is 13.8. The number of amides is 1. The summed E-state index contributed by atoms with van der Waals surface area (Å²) in [5.41, 5.74) is 0.0505. The van der Waals surface area contributed by atoms with Crippen LogP contribution in [0.4, 0.5) is 18.9 Å². The van der Waals surface area contributed by atoms with Crippen LogP contribution < -0.4 is 10.1 Å². The standard InChI is InChI=1S/C18H16F3NO4/c1-25-15-8-2-12(3-9-15)10-17(24)26-11-16(23)22-14-6-4-13(5-7-14)18(19,20)21/h2-9H,10-11H2,1H3,(H,22,23). The first-order valence-electron chi connectivity index (χ1n) is 7.53. The van der Waals surface area contributed by atoms with Crippen LogP contribution in [0.15, 0.2) is 48.5 Å². The van der Waals surface area contributed by atoms with E-state index in [9.17, 15) is 22.8 Å². The average molecular weight is 367 g/mol. The molecular weight excluding hydrogens is 351 g/mol. The third-order valence-electron chi connectivity index (χ3n) is 3.37. The Morgan fingerprint density at radius 2 is 1.62 bits per heavy atom. The Morgan fingerprint density at radius 1 is 1.00 bits per heavy atom. The summed E-state index contributed by atoms with van der Waals surface area (Å²) < 4.78 is 47.2. The first kappa shape index (κ1) is 19.3. The van der Waals surface area contributed by atoms with Crippen LogP contribution in [0.3, 0.4) is 0 Å². The van der Waals surface area contributed by atoms with Crippen LogP contribution >= 0.6 is 0 Å². The van der Waals surface area contributed by atoms with Gasteiger partial charge < -0.3 is 14.8 Å². The van der Waals surface area contributed by atoms with E-state index in [1.54, 1.807) is 24.3 Å². The third kappa shape index (κ3) is 5.80. The molecule has 0 radical (unpaired) electrons. The van der Waals surface area contributed by atoms with E-state index in [0.29, 0.717) is 11.3 Å². The van der Waals surface area contributed by atoms with Crippen molar-refractivity contribution in [3.8, 4) is 5.75 Å². The minimum absolute atomic E-state index is 0.0163. The number of esters is 1. The molecule has 2 aromatic carbocycles. The molecule has 1 amide bonds. The van der Waals surface area contributed by atoms with Crippen molar-refractivity contribution in [3.05, 3.63) is 59.7 Å². The number of carbonyl (C=O) groups is 2. The number of hydrogen-bond donors (Lipinski definition) is 1. The van der Waals surface area contributed by atoms with Crippen molar-refractivity contribution in [3.63, 3.8) is 0 Å². The Kier molecular flexibility index (Phi) is 6.21. The van der Waals surface area contributed by atoms with Crippen LogP contribution in [0.5, 0.6) is 5.75 Å². The number of ether oxygens (including phenoxy) is 2. The molecule has 2 rings (SSSR count). The van der Waals surface area contributed by atoms with Crippen LogP contribution in [0.1, 0.15) is 11.1 Å². The van der Waals surface area contributed by atoms with Crippen molar-refractivity contribution in [1.29, 1.82) is 0 Å². The molecule has 0 heterocycles. The van der Waals surface area contributed by atoms with Crippen LogP contribution in [-0.4, -0.2) is 25.6 Å². The number of nitrogens with one attached hydrogen (secondary N) is 1. The van der Waals surface area contributed by atoms with Gasteiger partial charge in [0.15, 0.2) is 6.61 Å². The van der Waals surface area contributed by atoms with Gasteiger partial charge in [-0.05, 0) is 42.0 Å². The molecule has 0 aromatic heterocycles. The van der Waals surface area contributed by atoms with Gasteiger partial charge in [0, 0.05) is 5.69 Å². The molecule has 0 spiro atoms. The summed E-state index contributed by atoms with van der Waals surface area (Å²) in [4.78, 5) is 23.4. The normalized spacial score (nSPS) is 10.9. The monoisotopic (exact) mass is 367 g/mol. The molecule has 0 atom stereocenters. The molecule has 8 heteroatoms. The van der Waals surface area contributed by atoms with Crippen molar-refractivity contribution in [1.82, 2.24) is 0 Å². The number of rotatable bonds is 6. The molecule has 26 heavy (non-hydrogen) atoms. The minimum atomic E-state index is -4.44. The number of carbonyl (C=O) groups excluding carboxylic acids is 2. The van der Waals surface area contributed by atoms with E-state index in [4.69, 9.17) is 9.47 Å². The molecule has 0 aliphatic rings. The number of anilines is 1. The van der Waals surface area contributed by atoms with E-state index < -0.39 is 30.2 Å². The molecule has 1 N–H and O–H groups in total. The van der Waals surface area contributed by atoms with Gasteiger partial charge in [0.2, 0.25) is 0 Å². The van der Waals surface area contributed by atoms with Crippen molar-refractivity contribution < 1.29 is 32.2 Å². The third-order valence-corrected chi connectivity index (χ3v) is 3.37. The Labute approximate surface area is 147 Å². The fourth-order valence-corrected chi connectivity index (χ4v) is 2.05. The minimum Gasteiger partial charge on any atom is -0.497 e. The smallest absolute Gasteiger partial charge is 0.416 e. The van der Waals surface area contributed by atoms with Crippen molar-refractivity contribution in [2.45, 2.75) is 12.6 Å². The second-order valence-corrected chi connectivity index (χ2v) is 5.31. The van der Waals surface area contributed by atoms with E-state index in [2.05, 4.69) is 5.32 Å².